The van der Waals surface area contributed by atoms with E-state index in [1.54, 1.807) is 0 Å². The predicted molar refractivity (Wildman–Crippen MR) is 85.0 cm³/mol. The summed E-state index contributed by atoms with van der Waals surface area (Å²) < 4.78 is 5.08. The molecule has 5 heteroatoms. The molecule has 3 N–H and O–H groups in total. The van der Waals surface area contributed by atoms with Crippen LogP contribution in [0.3, 0.4) is 0 Å². The number of carbonyl (C=O) groups excluding carboxylic acids is 1. The molecule has 1 unspecified atom stereocenters. The maximum Gasteiger partial charge on any atom is 0.320 e. The molecule has 0 aliphatic heterocycles. The quantitative estimate of drug-likeness (QED) is 0.572. The van der Waals surface area contributed by atoms with Crippen LogP contribution >= 0.6 is 0 Å². The molecule has 0 amide bonds. The highest BCUT2D eigenvalue weighted by Crippen LogP contribution is 2.15. The van der Waals surface area contributed by atoms with E-state index in [1.165, 1.54) is 12.8 Å². The fourth-order valence-electron chi connectivity index (χ4n) is 1.86. The molecule has 0 aliphatic carbocycles. The van der Waals surface area contributed by atoms with Crippen molar-refractivity contribution in [1.29, 1.82) is 0 Å². The zero-order valence-electron chi connectivity index (χ0n) is 12.9. The van der Waals surface area contributed by atoms with Crippen molar-refractivity contribution in [2.24, 2.45) is 17.6 Å². The van der Waals surface area contributed by atoms with Gasteiger partial charge >= 0.3 is 11.9 Å². The Kier molecular flexibility index (Phi) is 13.3. The average molecular weight is 303 g/mol. The maximum atomic E-state index is 11.4. The van der Waals surface area contributed by atoms with Gasteiger partial charge in [0.15, 0.2) is 0 Å². The molecule has 0 spiro atoms. The lowest BCUT2D eigenvalue weighted by molar-refractivity contribution is -0.144. The van der Waals surface area contributed by atoms with E-state index < -0.39 is 12.0 Å². The van der Waals surface area contributed by atoms with Crippen LogP contribution in [0.4, 0.5) is 0 Å². The third-order valence-corrected chi connectivity index (χ3v) is 3.33. The summed E-state index contributed by atoms with van der Waals surface area (Å²) in [6, 6.07) is -0.988. The van der Waals surface area contributed by atoms with Gasteiger partial charge in [-0.3, -0.25) is 9.59 Å². The smallest absolute Gasteiger partial charge is 0.320 e. The lowest BCUT2D eigenvalue weighted by atomic mass is 9.98. The van der Waals surface area contributed by atoms with Crippen LogP contribution in [0.25, 0.3) is 0 Å². The summed E-state index contributed by atoms with van der Waals surface area (Å²) in [5.41, 5.74) is 5.31. The summed E-state index contributed by atoms with van der Waals surface area (Å²) in [5, 5.41) is 8.59. The average Bonchev–Trinajstić information content (AvgIpc) is 2.35. The Morgan fingerprint density at radius 3 is 2.24 bits per heavy atom. The molecule has 0 fully saturated rings. The Morgan fingerprint density at radius 2 is 1.71 bits per heavy atom. The minimum Gasteiger partial charge on any atom is -0.480 e. The van der Waals surface area contributed by atoms with Crippen LogP contribution in [-0.2, 0) is 14.3 Å². The topological polar surface area (TPSA) is 89.6 Å². The number of hydrogen-bond donors (Lipinski definition) is 2. The van der Waals surface area contributed by atoms with Gasteiger partial charge in [-0.2, -0.15) is 0 Å². The molecule has 2 atom stereocenters. The number of rotatable bonds is 11. The molecule has 0 aromatic carbocycles. The number of ether oxygens (including phenoxy) is 1. The molecule has 0 saturated carbocycles. The number of carboxylic acid groups (broad SMARTS) is 1. The van der Waals surface area contributed by atoms with E-state index in [0.717, 1.165) is 18.8 Å². The van der Waals surface area contributed by atoms with Crippen molar-refractivity contribution in [3.63, 3.8) is 0 Å². The second-order valence-electron chi connectivity index (χ2n) is 5.92. The van der Waals surface area contributed by atoms with E-state index in [2.05, 4.69) is 20.8 Å². The summed E-state index contributed by atoms with van der Waals surface area (Å²) in [7, 11) is 0. The Morgan fingerprint density at radius 1 is 1.10 bits per heavy atom. The van der Waals surface area contributed by atoms with E-state index >= 15 is 0 Å². The molecule has 0 rings (SSSR count). The van der Waals surface area contributed by atoms with E-state index in [4.69, 9.17) is 15.6 Å². The highest BCUT2D eigenvalue weighted by molar-refractivity contribution is 5.75. The van der Waals surface area contributed by atoms with Gasteiger partial charge in [-0.15, -0.1) is 0 Å². The van der Waals surface area contributed by atoms with Gasteiger partial charge in [0.1, 0.15) is 6.04 Å². The van der Waals surface area contributed by atoms with Crippen LogP contribution in [-0.4, -0.2) is 29.7 Å². The van der Waals surface area contributed by atoms with Gasteiger partial charge in [0.2, 0.25) is 0 Å². The molecule has 21 heavy (non-hydrogen) atoms. The van der Waals surface area contributed by atoms with Gasteiger partial charge in [0.05, 0.1) is 6.61 Å². The van der Waals surface area contributed by atoms with Crippen LogP contribution in [0.5, 0.6) is 0 Å². The number of carbonyl (C=O) groups is 2. The molecule has 126 valence electrons. The summed E-state index contributed by atoms with van der Waals surface area (Å²) in [4.78, 5) is 21.9. The van der Waals surface area contributed by atoms with Gasteiger partial charge in [0, 0.05) is 6.42 Å². The first-order valence-electron chi connectivity index (χ1n) is 7.47. The van der Waals surface area contributed by atoms with Crippen molar-refractivity contribution in [1.82, 2.24) is 0 Å². The summed E-state index contributed by atoms with van der Waals surface area (Å²) in [6.07, 6.45) is 4.64. The van der Waals surface area contributed by atoms with Crippen molar-refractivity contribution in [2.45, 2.75) is 72.8 Å². The Balaban J connectivity index is 0. The van der Waals surface area contributed by atoms with E-state index in [-0.39, 0.29) is 26.2 Å². The van der Waals surface area contributed by atoms with Crippen molar-refractivity contribution in [3.05, 3.63) is 0 Å². The lowest BCUT2D eigenvalue weighted by Gasteiger charge is -2.12. The van der Waals surface area contributed by atoms with Gasteiger partial charge < -0.3 is 15.6 Å². The number of nitrogens with two attached hydrogens (primary N) is 1. The Labute approximate surface area is 129 Å². The second-order valence-corrected chi connectivity index (χ2v) is 5.92. The molecule has 0 aromatic heterocycles. The fraction of sp³-hybridized carbons (Fsp3) is 0.875. The minimum absolute atomic E-state index is 0. The molecular formula is C16H33NO4. The molecule has 0 bridgehead atoms. The lowest BCUT2D eigenvalue weighted by Crippen LogP contribution is -2.30. The third kappa shape index (κ3) is 13.6. The summed E-state index contributed by atoms with van der Waals surface area (Å²) in [5.74, 6) is -0.172. The largest absolute Gasteiger partial charge is 0.480 e. The highest BCUT2D eigenvalue weighted by atomic mass is 16.5. The minimum atomic E-state index is -1.09. The third-order valence-electron chi connectivity index (χ3n) is 3.33. The first-order valence-corrected chi connectivity index (χ1v) is 7.47. The number of esters is 1. The van der Waals surface area contributed by atoms with Crippen LogP contribution in [0.2, 0.25) is 0 Å². The molecular weight excluding hydrogens is 270 g/mol. The fourth-order valence-corrected chi connectivity index (χ4v) is 1.86. The summed E-state index contributed by atoms with van der Waals surface area (Å²) >= 11 is 0. The van der Waals surface area contributed by atoms with Crippen molar-refractivity contribution >= 4 is 11.9 Å². The second kappa shape index (κ2) is 12.6. The first-order chi connectivity index (χ1) is 9.32. The highest BCUT2D eigenvalue weighted by Gasteiger charge is 2.14. The van der Waals surface area contributed by atoms with Crippen LogP contribution in [0, 0.1) is 11.8 Å². The Hall–Kier alpha value is -1.10. The van der Waals surface area contributed by atoms with E-state index in [0.29, 0.717) is 12.5 Å². The van der Waals surface area contributed by atoms with E-state index in [1.807, 2.05) is 0 Å². The predicted octanol–water partition coefficient (Wildman–Crippen LogP) is 3.21. The van der Waals surface area contributed by atoms with Gasteiger partial charge in [-0.25, -0.2) is 0 Å². The molecule has 0 radical (unpaired) electrons. The Bertz CT molecular complexity index is 292. The van der Waals surface area contributed by atoms with Crippen molar-refractivity contribution in [2.75, 3.05) is 6.61 Å². The number of hydrogen-bond acceptors (Lipinski definition) is 4. The zero-order chi connectivity index (χ0) is 15.5. The summed E-state index contributed by atoms with van der Waals surface area (Å²) in [6.45, 7) is 7.00. The first kappa shape index (κ1) is 22.2. The standard InChI is InChI=1S/C15H29NO4.CH4/c1-11(2)5-4-6-12(3)9-10-20-14(17)8-7-13(16)15(18)19;/h11-13H,4-10,16H2,1-3H3,(H,18,19);1H4/t12?,13-;/m0./s1. The van der Waals surface area contributed by atoms with Crippen molar-refractivity contribution < 1.29 is 19.4 Å². The van der Waals surface area contributed by atoms with Crippen LogP contribution in [0.1, 0.15) is 66.7 Å². The molecule has 0 aromatic rings. The van der Waals surface area contributed by atoms with Gasteiger partial charge in [0.25, 0.3) is 0 Å². The maximum absolute atomic E-state index is 11.4. The van der Waals surface area contributed by atoms with Gasteiger partial charge in [-0.1, -0.05) is 47.5 Å². The molecule has 0 saturated heterocycles. The van der Waals surface area contributed by atoms with Gasteiger partial charge in [-0.05, 0) is 24.7 Å². The number of aliphatic carboxylic acids is 1. The zero-order valence-corrected chi connectivity index (χ0v) is 12.9. The van der Waals surface area contributed by atoms with E-state index in [9.17, 15) is 9.59 Å². The normalized spacial score (nSPS) is 13.4. The number of carboxylic acids is 1. The van der Waals surface area contributed by atoms with Crippen LogP contribution in [0.15, 0.2) is 0 Å². The molecule has 5 nitrogen and oxygen atoms in total. The van der Waals surface area contributed by atoms with Crippen molar-refractivity contribution in [3.8, 4) is 0 Å². The monoisotopic (exact) mass is 303 g/mol. The SMILES string of the molecule is C.CC(C)CCCC(C)CCOC(=O)CC[C@H](N)C(=O)O. The molecule has 0 heterocycles. The molecule has 0 aliphatic rings. The van der Waals surface area contributed by atoms with Crippen LogP contribution < -0.4 is 5.73 Å².